The Morgan fingerprint density at radius 3 is 2.89 bits per heavy atom. The molecule has 0 saturated carbocycles. The smallest absolute Gasteiger partial charge is 0.0504 e. The van der Waals surface area contributed by atoms with Gasteiger partial charge in [0.05, 0.1) is 6.04 Å². The second-order valence-corrected chi connectivity index (χ2v) is 6.71. The van der Waals surface area contributed by atoms with Crippen LogP contribution in [0.5, 0.6) is 0 Å². The molecule has 3 unspecified atom stereocenters. The molecule has 3 nitrogen and oxygen atoms in total. The minimum atomic E-state index is 0.221. The number of nitrogens with zero attached hydrogens (tertiary/aromatic N) is 2. The molecule has 3 atom stereocenters. The molecule has 1 aliphatic heterocycles. The first-order valence-electron chi connectivity index (χ1n) is 7.28. The maximum Gasteiger partial charge on any atom is 0.0504 e. The Labute approximate surface area is 121 Å². The van der Waals surface area contributed by atoms with Crippen molar-refractivity contribution in [1.29, 1.82) is 0 Å². The van der Waals surface area contributed by atoms with E-state index in [9.17, 15) is 0 Å². The summed E-state index contributed by atoms with van der Waals surface area (Å²) in [5.74, 6) is 0.792. The minimum absolute atomic E-state index is 0.221. The standard InChI is InChI=1S/C15H27N3S/c1-4-14(16)15(13-6-8-19-11-13)18(3)10-12-5-7-17(2)9-12/h6,8,11-12,14-15H,4-5,7,9-10,16H2,1-3H3. The van der Waals surface area contributed by atoms with Crippen LogP contribution in [0.4, 0.5) is 0 Å². The van der Waals surface area contributed by atoms with Crippen LogP contribution in [0.2, 0.25) is 0 Å². The normalized spacial score (nSPS) is 23.9. The first kappa shape index (κ1) is 15.0. The summed E-state index contributed by atoms with van der Waals surface area (Å²) in [5, 5.41) is 4.40. The van der Waals surface area contributed by atoms with Crippen molar-refractivity contribution in [2.75, 3.05) is 33.7 Å². The largest absolute Gasteiger partial charge is 0.326 e. The predicted molar refractivity (Wildman–Crippen MR) is 83.6 cm³/mol. The molecule has 0 radical (unpaired) electrons. The van der Waals surface area contributed by atoms with Crippen LogP contribution in [0.1, 0.15) is 31.4 Å². The molecule has 1 fully saturated rings. The summed E-state index contributed by atoms with van der Waals surface area (Å²) < 4.78 is 0. The van der Waals surface area contributed by atoms with Gasteiger partial charge in [0, 0.05) is 19.1 Å². The van der Waals surface area contributed by atoms with Crippen molar-refractivity contribution in [2.45, 2.75) is 31.8 Å². The maximum atomic E-state index is 6.36. The zero-order valence-corrected chi connectivity index (χ0v) is 13.2. The van der Waals surface area contributed by atoms with Crippen molar-refractivity contribution >= 4 is 11.3 Å². The number of hydrogen-bond donors (Lipinski definition) is 1. The van der Waals surface area contributed by atoms with Gasteiger partial charge in [0.25, 0.3) is 0 Å². The molecule has 0 aromatic carbocycles. The van der Waals surface area contributed by atoms with Crippen LogP contribution in [0.25, 0.3) is 0 Å². The van der Waals surface area contributed by atoms with E-state index in [0.29, 0.717) is 6.04 Å². The van der Waals surface area contributed by atoms with E-state index in [2.05, 4.69) is 47.6 Å². The molecule has 0 bridgehead atoms. The fourth-order valence-electron chi connectivity index (χ4n) is 3.19. The predicted octanol–water partition coefficient (Wildman–Crippen LogP) is 2.41. The lowest BCUT2D eigenvalue weighted by Crippen LogP contribution is -2.41. The highest BCUT2D eigenvalue weighted by Gasteiger charge is 2.27. The molecule has 0 amide bonds. The summed E-state index contributed by atoms with van der Waals surface area (Å²) in [6.45, 7) is 5.79. The average Bonchev–Trinajstić information content (AvgIpc) is 3.01. The van der Waals surface area contributed by atoms with Crippen molar-refractivity contribution in [2.24, 2.45) is 11.7 Å². The van der Waals surface area contributed by atoms with Crippen molar-refractivity contribution in [3.8, 4) is 0 Å². The van der Waals surface area contributed by atoms with E-state index >= 15 is 0 Å². The van der Waals surface area contributed by atoms with Crippen molar-refractivity contribution in [3.63, 3.8) is 0 Å². The number of likely N-dealkylation sites (N-methyl/N-ethyl adjacent to an activating group) is 1. The third kappa shape index (κ3) is 3.78. The van der Waals surface area contributed by atoms with Crippen LogP contribution in [0.15, 0.2) is 16.8 Å². The monoisotopic (exact) mass is 281 g/mol. The third-order valence-corrected chi connectivity index (χ3v) is 4.97. The fraction of sp³-hybridized carbons (Fsp3) is 0.733. The van der Waals surface area contributed by atoms with Gasteiger partial charge in [-0.15, -0.1) is 0 Å². The van der Waals surface area contributed by atoms with E-state index in [1.807, 2.05) is 0 Å². The number of thiophene rings is 1. The molecule has 2 rings (SSSR count). The van der Waals surface area contributed by atoms with Gasteiger partial charge in [-0.05, 0) is 61.8 Å². The third-order valence-electron chi connectivity index (χ3n) is 4.27. The van der Waals surface area contributed by atoms with Gasteiger partial charge in [0.15, 0.2) is 0 Å². The quantitative estimate of drug-likeness (QED) is 0.869. The Balaban J connectivity index is 2.01. The zero-order valence-electron chi connectivity index (χ0n) is 12.4. The summed E-state index contributed by atoms with van der Waals surface area (Å²) >= 11 is 1.77. The topological polar surface area (TPSA) is 32.5 Å². The molecular formula is C15H27N3S. The first-order chi connectivity index (χ1) is 9.11. The van der Waals surface area contributed by atoms with E-state index in [0.717, 1.165) is 18.9 Å². The highest BCUT2D eigenvalue weighted by Crippen LogP contribution is 2.28. The summed E-state index contributed by atoms with van der Waals surface area (Å²) in [5.41, 5.74) is 7.75. The lowest BCUT2D eigenvalue weighted by molar-refractivity contribution is 0.181. The van der Waals surface area contributed by atoms with Gasteiger partial charge in [0.2, 0.25) is 0 Å². The molecule has 1 saturated heterocycles. The Hall–Kier alpha value is -0.420. The lowest BCUT2D eigenvalue weighted by Gasteiger charge is -2.33. The minimum Gasteiger partial charge on any atom is -0.326 e. The Bertz CT molecular complexity index is 365. The molecule has 2 N–H and O–H groups in total. The zero-order chi connectivity index (χ0) is 13.8. The molecule has 0 aliphatic carbocycles. The van der Waals surface area contributed by atoms with Crippen LogP contribution >= 0.6 is 11.3 Å². The molecule has 2 heterocycles. The van der Waals surface area contributed by atoms with Gasteiger partial charge >= 0.3 is 0 Å². The molecule has 1 aliphatic rings. The van der Waals surface area contributed by atoms with Crippen molar-refractivity contribution in [3.05, 3.63) is 22.4 Å². The number of likely N-dealkylation sites (tertiary alicyclic amines) is 1. The molecular weight excluding hydrogens is 254 g/mol. The van der Waals surface area contributed by atoms with E-state index in [4.69, 9.17) is 5.73 Å². The van der Waals surface area contributed by atoms with Crippen LogP contribution in [0.3, 0.4) is 0 Å². The van der Waals surface area contributed by atoms with Crippen LogP contribution in [-0.4, -0.2) is 49.6 Å². The lowest BCUT2D eigenvalue weighted by atomic mass is 9.97. The van der Waals surface area contributed by atoms with Gasteiger partial charge in [-0.25, -0.2) is 0 Å². The van der Waals surface area contributed by atoms with E-state index < -0.39 is 0 Å². The summed E-state index contributed by atoms with van der Waals surface area (Å²) in [6.07, 6.45) is 2.34. The molecule has 1 aromatic rings. The Morgan fingerprint density at radius 2 is 2.37 bits per heavy atom. The highest BCUT2D eigenvalue weighted by molar-refractivity contribution is 7.07. The molecule has 0 spiro atoms. The first-order valence-corrected chi connectivity index (χ1v) is 8.22. The summed E-state index contributed by atoms with van der Waals surface area (Å²) in [7, 11) is 4.45. The van der Waals surface area contributed by atoms with Gasteiger partial charge in [-0.3, -0.25) is 4.90 Å². The molecule has 4 heteroatoms. The van der Waals surface area contributed by atoms with E-state index in [-0.39, 0.29) is 6.04 Å². The highest BCUT2D eigenvalue weighted by atomic mass is 32.1. The fourth-order valence-corrected chi connectivity index (χ4v) is 3.88. The molecule has 1 aromatic heterocycles. The van der Waals surface area contributed by atoms with Gasteiger partial charge in [0.1, 0.15) is 0 Å². The second kappa shape index (κ2) is 6.84. The van der Waals surface area contributed by atoms with Crippen molar-refractivity contribution < 1.29 is 0 Å². The second-order valence-electron chi connectivity index (χ2n) is 5.93. The van der Waals surface area contributed by atoms with Gasteiger partial charge in [-0.2, -0.15) is 11.3 Å². The maximum absolute atomic E-state index is 6.36. The van der Waals surface area contributed by atoms with Crippen molar-refractivity contribution in [1.82, 2.24) is 9.80 Å². The van der Waals surface area contributed by atoms with Crippen LogP contribution < -0.4 is 5.73 Å². The Morgan fingerprint density at radius 1 is 1.58 bits per heavy atom. The van der Waals surface area contributed by atoms with E-state index in [1.165, 1.54) is 25.1 Å². The SMILES string of the molecule is CCC(N)C(c1ccsc1)N(C)CC1CCN(C)C1. The van der Waals surface area contributed by atoms with E-state index in [1.54, 1.807) is 11.3 Å². The molecule has 108 valence electrons. The van der Waals surface area contributed by atoms with Gasteiger partial charge < -0.3 is 10.6 Å². The van der Waals surface area contributed by atoms with Crippen LogP contribution in [0, 0.1) is 5.92 Å². The summed E-state index contributed by atoms with van der Waals surface area (Å²) in [6, 6.07) is 2.81. The Kier molecular flexibility index (Phi) is 5.39. The number of rotatable bonds is 6. The van der Waals surface area contributed by atoms with Gasteiger partial charge in [-0.1, -0.05) is 6.92 Å². The average molecular weight is 281 g/mol. The summed E-state index contributed by atoms with van der Waals surface area (Å²) in [4.78, 5) is 4.90. The number of hydrogen-bond acceptors (Lipinski definition) is 4. The number of nitrogens with two attached hydrogens (primary N) is 1. The molecule has 19 heavy (non-hydrogen) atoms. The van der Waals surface area contributed by atoms with Crippen LogP contribution in [-0.2, 0) is 0 Å².